The van der Waals surface area contributed by atoms with Crippen LogP contribution in [-0.2, 0) is 12.8 Å². The zero-order chi connectivity index (χ0) is 20.0. The van der Waals surface area contributed by atoms with Crippen LogP contribution in [0, 0.1) is 13.8 Å². The lowest BCUT2D eigenvalue weighted by atomic mass is 9.97. The molecule has 0 spiro atoms. The lowest BCUT2D eigenvalue weighted by molar-refractivity contribution is 0.699. The average Bonchev–Trinajstić information content (AvgIpc) is 3.26. The van der Waals surface area contributed by atoms with Crippen molar-refractivity contribution in [2.75, 3.05) is 0 Å². The fourth-order valence-electron chi connectivity index (χ4n) is 4.00. The van der Waals surface area contributed by atoms with E-state index < -0.39 is 0 Å². The molecule has 0 saturated heterocycles. The fraction of sp³-hybridized carbons (Fsp3) is 0.273. The van der Waals surface area contributed by atoms with Gasteiger partial charge in [-0.1, -0.05) is 18.2 Å². The number of thiophene rings is 1. The molecule has 7 heteroatoms. The highest BCUT2D eigenvalue weighted by atomic mass is 32.1. The average molecular weight is 404 g/mol. The molecule has 0 fully saturated rings. The molecule has 1 aromatic carbocycles. The van der Waals surface area contributed by atoms with Gasteiger partial charge in [-0.3, -0.25) is 4.79 Å². The van der Waals surface area contributed by atoms with Gasteiger partial charge >= 0.3 is 0 Å². The fourth-order valence-corrected chi connectivity index (χ4v) is 5.22. The molecule has 6 nitrogen and oxygen atoms in total. The van der Waals surface area contributed by atoms with Crippen LogP contribution in [0.3, 0.4) is 0 Å². The lowest BCUT2D eigenvalue weighted by Crippen LogP contribution is -2.18. The van der Waals surface area contributed by atoms with Crippen LogP contribution in [0.25, 0.3) is 15.9 Å². The van der Waals surface area contributed by atoms with Gasteiger partial charge in [0.25, 0.3) is 5.56 Å². The summed E-state index contributed by atoms with van der Waals surface area (Å²) in [5.74, 6) is 0. The molecule has 0 amide bonds. The first kappa shape index (κ1) is 18.0. The van der Waals surface area contributed by atoms with Crippen LogP contribution in [0.1, 0.15) is 40.2 Å². The van der Waals surface area contributed by atoms with Gasteiger partial charge in [-0.15, -0.1) is 11.3 Å². The number of para-hydroxylation sites is 1. The molecule has 29 heavy (non-hydrogen) atoms. The number of hydrogen-bond donors (Lipinski definition) is 0. The highest BCUT2D eigenvalue weighted by molar-refractivity contribution is 7.18. The summed E-state index contributed by atoms with van der Waals surface area (Å²) < 4.78 is 3.25. The molecular weight excluding hydrogens is 382 g/mol. The Morgan fingerprint density at radius 3 is 2.76 bits per heavy atom. The van der Waals surface area contributed by atoms with Gasteiger partial charge in [0, 0.05) is 10.4 Å². The molecule has 4 aromatic rings. The van der Waals surface area contributed by atoms with Crippen LogP contribution in [0.2, 0.25) is 0 Å². The van der Waals surface area contributed by atoms with E-state index in [1.807, 2.05) is 48.9 Å². The van der Waals surface area contributed by atoms with E-state index in [0.29, 0.717) is 0 Å². The van der Waals surface area contributed by atoms with E-state index in [2.05, 4.69) is 15.2 Å². The molecular formula is C22H21N5OS. The molecule has 0 atom stereocenters. The van der Waals surface area contributed by atoms with Crippen molar-refractivity contribution < 1.29 is 0 Å². The van der Waals surface area contributed by atoms with E-state index in [4.69, 9.17) is 0 Å². The van der Waals surface area contributed by atoms with Gasteiger partial charge in [0.2, 0.25) is 0 Å². The summed E-state index contributed by atoms with van der Waals surface area (Å²) in [7, 11) is 0. The normalized spacial score (nSPS) is 14.0. The molecule has 0 radical (unpaired) electrons. The van der Waals surface area contributed by atoms with E-state index in [1.165, 1.54) is 27.9 Å². The second-order valence-electron chi connectivity index (χ2n) is 7.36. The van der Waals surface area contributed by atoms with Crippen molar-refractivity contribution in [1.29, 1.82) is 0 Å². The molecule has 3 heterocycles. The quantitative estimate of drug-likeness (QED) is 0.485. The maximum atomic E-state index is 13.1. The van der Waals surface area contributed by atoms with Gasteiger partial charge in [-0.25, -0.2) is 9.67 Å². The summed E-state index contributed by atoms with van der Waals surface area (Å²) in [5.41, 5.74) is 4.85. The number of rotatable bonds is 3. The van der Waals surface area contributed by atoms with Gasteiger partial charge < -0.3 is 0 Å². The third kappa shape index (κ3) is 3.02. The Labute approximate surface area is 172 Å². The van der Waals surface area contributed by atoms with E-state index in [0.717, 1.165) is 52.1 Å². The van der Waals surface area contributed by atoms with E-state index in [1.54, 1.807) is 17.6 Å². The summed E-state index contributed by atoms with van der Waals surface area (Å²) in [6, 6.07) is 9.99. The van der Waals surface area contributed by atoms with Crippen molar-refractivity contribution in [3.05, 3.63) is 74.4 Å². The van der Waals surface area contributed by atoms with Crippen LogP contribution < -0.4 is 5.56 Å². The highest BCUT2D eigenvalue weighted by Crippen LogP contribution is 2.33. The van der Waals surface area contributed by atoms with Gasteiger partial charge in [0.15, 0.2) is 0 Å². The second kappa shape index (κ2) is 7.08. The molecule has 0 N–H and O–H groups in total. The second-order valence-corrected chi connectivity index (χ2v) is 8.45. The number of hydrogen-bond acceptors (Lipinski definition) is 5. The number of aromatic nitrogens is 4. The van der Waals surface area contributed by atoms with Crippen LogP contribution in [0.4, 0.5) is 0 Å². The molecule has 5 rings (SSSR count). The Bertz CT molecular complexity index is 1300. The standard InChI is InChI=1S/C22H21N5OS/c1-14-18(15(2)27(25-14)16-8-4-3-5-9-16)12-24-26-13-23-21-20(22(26)28)17-10-6-7-11-19(17)29-21/h3-5,8-9,12-13H,6-7,10-11H2,1-2H3/b24-12-. The number of fused-ring (bicyclic) bond motifs is 3. The van der Waals surface area contributed by atoms with Gasteiger partial charge in [-0.2, -0.15) is 14.9 Å². The third-order valence-electron chi connectivity index (χ3n) is 5.52. The Morgan fingerprint density at radius 2 is 1.93 bits per heavy atom. The zero-order valence-corrected chi connectivity index (χ0v) is 17.2. The minimum absolute atomic E-state index is 0.0867. The molecule has 3 aromatic heterocycles. The minimum Gasteiger partial charge on any atom is -0.267 e. The predicted molar refractivity (Wildman–Crippen MR) is 117 cm³/mol. The molecule has 146 valence electrons. The minimum atomic E-state index is -0.0867. The maximum absolute atomic E-state index is 13.1. The summed E-state index contributed by atoms with van der Waals surface area (Å²) in [5, 5.41) is 9.84. The van der Waals surface area contributed by atoms with Crippen molar-refractivity contribution in [1.82, 2.24) is 19.4 Å². The third-order valence-corrected chi connectivity index (χ3v) is 6.72. The van der Waals surface area contributed by atoms with Crippen molar-refractivity contribution >= 4 is 27.8 Å². The highest BCUT2D eigenvalue weighted by Gasteiger charge is 2.20. The summed E-state index contributed by atoms with van der Waals surface area (Å²) in [6.45, 7) is 3.96. The predicted octanol–water partition coefficient (Wildman–Crippen LogP) is 4.02. The number of nitrogens with zero attached hydrogens (tertiary/aromatic N) is 5. The zero-order valence-electron chi connectivity index (χ0n) is 16.4. The van der Waals surface area contributed by atoms with Gasteiger partial charge in [0.1, 0.15) is 11.2 Å². The summed E-state index contributed by atoms with van der Waals surface area (Å²) in [4.78, 5) is 19.7. The first-order valence-corrected chi connectivity index (χ1v) is 10.6. The number of aryl methyl sites for hydroxylation is 3. The van der Waals surface area contributed by atoms with E-state index in [-0.39, 0.29) is 5.56 Å². The summed E-state index contributed by atoms with van der Waals surface area (Å²) >= 11 is 1.65. The Hall–Kier alpha value is -3.06. The first-order valence-electron chi connectivity index (χ1n) is 9.81. The molecule has 0 bridgehead atoms. The lowest BCUT2D eigenvalue weighted by Gasteiger charge is -2.09. The molecule has 0 saturated carbocycles. The van der Waals surface area contributed by atoms with Crippen molar-refractivity contribution in [3.8, 4) is 5.69 Å². The molecule has 1 aliphatic carbocycles. The Kier molecular flexibility index (Phi) is 4.39. The van der Waals surface area contributed by atoms with Crippen molar-refractivity contribution in [3.63, 3.8) is 0 Å². The van der Waals surface area contributed by atoms with Crippen LogP contribution in [-0.4, -0.2) is 25.7 Å². The monoisotopic (exact) mass is 403 g/mol. The number of benzene rings is 1. The van der Waals surface area contributed by atoms with Crippen LogP contribution in [0.5, 0.6) is 0 Å². The maximum Gasteiger partial charge on any atom is 0.282 e. The van der Waals surface area contributed by atoms with E-state index >= 15 is 0 Å². The van der Waals surface area contributed by atoms with Gasteiger partial charge in [-0.05, 0) is 57.2 Å². The van der Waals surface area contributed by atoms with Crippen LogP contribution in [0.15, 0.2) is 46.6 Å². The molecule has 1 aliphatic rings. The van der Waals surface area contributed by atoms with Crippen molar-refractivity contribution in [2.45, 2.75) is 39.5 Å². The Balaban J connectivity index is 1.56. The van der Waals surface area contributed by atoms with Crippen LogP contribution >= 0.6 is 11.3 Å². The first-order chi connectivity index (χ1) is 14.1. The largest absolute Gasteiger partial charge is 0.282 e. The van der Waals surface area contributed by atoms with Gasteiger partial charge in [0.05, 0.1) is 28.7 Å². The van der Waals surface area contributed by atoms with E-state index in [9.17, 15) is 4.79 Å². The smallest absolute Gasteiger partial charge is 0.267 e. The Morgan fingerprint density at radius 1 is 1.14 bits per heavy atom. The topological polar surface area (TPSA) is 65.1 Å². The summed E-state index contributed by atoms with van der Waals surface area (Å²) in [6.07, 6.45) is 7.57. The molecule has 0 unspecified atom stereocenters. The van der Waals surface area contributed by atoms with Crippen molar-refractivity contribution in [2.24, 2.45) is 5.10 Å². The molecule has 0 aliphatic heterocycles. The SMILES string of the molecule is Cc1nn(-c2ccccc2)c(C)c1/C=N\n1cnc2sc3c(c2c1=O)CCCC3.